The summed E-state index contributed by atoms with van der Waals surface area (Å²) in [5.74, 6) is -0.146. The molecule has 0 aliphatic carbocycles. The molecule has 5 heteroatoms. The van der Waals surface area contributed by atoms with E-state index in [1.807, 2.05) is 31.2 Å². The van der Waals surface area contributed by atoms with Crippen LogP contribution in [0.25, 0.3) is 10.8 Å². The smallest absolute Gasteiger partial charge is 0.326 e. The van der Waals surface area contributed by atoms with E-state index in [1.165, 1.54) is 0 Å². The Morgan fingerprint density at radius 2 is 2.16 bits per heavy atom. The van der Waals surface area contributed by atoms with Crippen molar-refractivity contribution in [1.29, 1.82) is 0 Å². The van der Waals surface area contributed by atoms with Crippen molar-refractivity contribution in [2.24, 2.45) is 0 Å². The maximum atomic E-state index is 11.3. The largest absolute Gasteiger partial charge is 0.480 e. The second-order valence-electron chi connectivity index (χ2n) is 4.34. The van der Waals surface area contributed by atoms with E-state index in [0.29, 0.717) is 12.2 Å². The highest BCUT2D eigenvalue weighted by Crippen LogP contribution is 2.30. The van der Waals surface area contributed by atoms with Crippen molar-refractivity contribution in [3.63, 3.8) is 0 Å². The van der Waals surface area contributed by atoms with Crippen LogP contribution in [0.2, 0.25) is 0 Å². The third kappa shape index (κ3) is 2.56. The Kier molecular flexibility index (Phi) is 4.04. The number of pyridine rings is 1. The molecule has 0 bridgehead atoms. The fraction of sp³-hybridized carbons (Fsp3) is 0.286. The Hall–Kier alpha value is -1.62. The molecule has 0 saturated heterocycles. The minimum Gasteiger partial charge on any atom is -0.480 e. The molecule has 2 rings (SSSR count). The first-order valence-electron chi connectivity index (χ1n) is 6.05. The molecule has 1 aromatic heterocycles. The summed E-state index contributed by atoms with van der Waals surface area (Å²) in [4.78, 5) is 17.3. The lowest BCUT2D eigenvalue weighted by Crippen LogP contribution is -2.38. The predicted molar refractivity (Wildman–Crippen MR) is 79.6 cm³/mol. The summed E-state index contributed by atoms with van der Waals surface area (Å²) >= 11 is 3.50. The van der Waals surface area contributed by atoms with E-state index in [9.17, 15) is 9.90 Å². The Balaban J connectivity index is 2.56. The number of benzene rings is 1. The van der Waals surface area contributed by atoms with Gasteiger partial charge in [0.05, 0.1) is 0 Å². The number of fused-ring (bicyclic) bond motifs is 1. The molecular formula is C14H15BrN2O2. The van der Waals surface area contributed by atoms with Gasteiger partial charge in [-0.25, -0.2) is 9.78 Å². The highest BCUT2D eigenvalue weighted by atomic mass is 79.9. The van der Waals surface area contributed by atoms with Gasteiger partial charge in [0.1, 0.15) is 11.9 Å². The summed E-state index contributed by atoms with van der Waals surface area (Å²) in [6.07, 6.45) is 2.23. The molecule has 19 heavy (non-hydrogen) atoms. The Bertz CT molecular complexity index is 615. The molecule has 1 N–H and O–H groups in total. The summed E-state index contributed by atoms with van der Waals surface area (Å²) in [6, 6.07) is 7.18. The van der Waals surface area contributed by atoms with Gasteiger partial charge in [0.2, 0.25) is 0 Å². The van der Waals surface area contributed by atoms with Gasteiger partial charge in [0.25, 0.3) is 0 Å². The Morgan fingerprint density at radius 3 is 2.79 bits per heavy atom. The van der Waals surface area contributed by atoms with Crippen LogP contribution in [0.5, 0.6) is 0 Å². The van der Waals surface area contributed by atoms with Crippen molar-refractivity contribution in [2.45, 2.75) is 19.4 Å². The molecule has 0 aliphatic heterocycles. The molecule has 1 aromatic carbocycles. The van der Waals surface area contributed by atoms with Crippen LogP contribution in [0.15, 0.2) is 34.9 Å². The zero-order valence-electron chi connectivity index (χ0n) is 10.8. The summed E-state index contributed by atoms with van der Waals surface area (Å²) in [6.45, 7) is 1.86. The first-order valence-corrected chi connectivity index (χ1v) is 6.84. The van der Waals surface area contributed by atoms with E-state index in [2.05, 4.69) is 20.9 Å². The van der Waals surface area contributed by atoms with Crippen molar-refractivity contribution in [2.75, 3.05) is 11.9 Å². The van der Waals surface area contributed by atoms with Gasteiger partial charge >= 0.3 is 5.97 Å². The summed E-state index contributed by atoms with van der Waals surface area (Å²) in [5, 5.41) is 11.2. The minimum atomic E-state index is -0.834. The number of hydrogen-bond donors (Lipinski definition) is 1. The summed E-state index contributed by atoms with van der Waals surface area (Å²) < 4.78 is 0.977. The van der Waals surface area contributed by atoms with E-state index in [-0.39, 0.29) is 0 Å². The molecule has 1 heterocycles. The number of halogens is 1. The van der Waals surface area contributed by atoms with Gasteiger partial charge in [0, 0.05) is 28.5 Å². The normalized spacial score (nSPS) is 12.4. The molecule has 0 spiro atoms. The maximum Gasteiger partial charge on any atom is 0.326 e. The first kappa shape index (κ1) is 13.8. The second-order valence-corrected chi connectivity index (χ2v) is 5.20. The average molecular weight is 323 g/mol. The number of likely N-dealkylation sites (N-methyl/N-ethyl adjacent to an activating group) is 1. The predicted octanol–water partition coefficient (Wildman–Crippen LogP) is 3.30. The topological polar surface area (TPSA) is 53.4 Å². The minimum absolute atomic E-state index is 0.526. The van der Waals surface area contributed by atoms with Crippen LogP contribution in [0, 0.1) is 0 Å². The van der Waals surface area contributed by atoms with Gasteiger partial charge < -0.3 is 10.0 Å². The van der Waals surface area contributed by atoms with Crippen molar-refractivity contribution >= 4 is 38.5 Å². The van der Waals surface area contributed by atoms with Crippen molar-refractivity contribution < 1.29 is 9.90 Å². The number of carboxylic acid groups (broad SMARTS) is 1. The highest BCUT2D eigenvalue weighted by Gasteiger charge is 2.23. The Morgan fingerprint density at radius 1 is 1.42 bits per heavy atom. The number of anilines is 1. The monoisotopic (exact) mass is 322 g/mol. The van der Waals surface area contributed by atoms with Crippen LogP contribution in [0.4, 0.5) is 5.82 Å². The summed E-state index contributed by atoms with van der Waals surface area (Å²) in [7, 11) is 1.77. The van der Waals surface area contributed by atoms with Gasteiger partial charge in [-0.05, 0) is 18.6 Å². The third-order valence-electron chi connectivity index (χ3n) is 3.21. The molecule has 0 fully saturated rings. The molecule has 2 aromatic rings. The summed E-state index contributed by atoms with van der Waals surface area (Å²) in [5.41, 5.74) is 0. The third-order valence-corrected chi connectivity index (χ3v) is 3.90. The molecule has 0 radical (unpaired) electrons. The van der Waals surface area contributed by atoms with Crippen LogP contribution in [-0.2, 0) is 4.79 Å². The highest BCUT2D eigenvalue weighted by molar-refractivity contribution is 9.10. The zero-order valence-corrected chi connectivity index (χ0v) is 12.4. The standard InChI is InChI=1S/C14H15BrN2O2/c1-3-12(14(18)19)17(2)13-10-5-4-6-11(15)9(10)7-8-16-13/h4-8,12H,3H2,1-2H3,(H,18,19). The fourth-order valence-corrected chi connectivity index (χ4v) is 2.69. The molecular weight excluding hydrogens is 308 g/mol. The lowest BCUT2D eigenvalue weighted by Gasteiger charge is -2.26. The van der Waals surface area contributed by atoms with Crippen molar-refractivity contribution in [3.8, 4) is 0 Å². The van der Waals surface area contributed by atoms with E-state index in [4.69, 9.17) is 0 Å². The number of aliphatic carboxylic acids is 1. The lowest BCUT2D eigenvalue weighted by atomic mass is 10.1. The van der Waals surface area contributed by atoms with Gasteiger partial charge in [-0.2, -0.15) is 0 Å². The molecule has 100 valence electrons. The number of carboxylic acids is 1. The van der Waals surface area contributed by atoms with Gasteiger partial charge in [-0.15, -0.1) is 0 Å². The van der Waals surface area contributed by atoms with Crippen LogP contribution in [0.1, 0.15) is 13.3 Å². The number of rotatable bonds is 4. The molecule has 0 saturated carbocycles. The zero-order chi connectivity index (χ0) is 14.0. The number of nitrogens with zero attached hydrogens (tertiary/aromatic N) is 2. The van der Waals surface area contributed by atoms with E-state index < -0.39 is 12.0 Å². The fourth-order valence-electron chi connectivity index (χ4n) is 2.20. The van der Waals surface area contributed by atoms with Crippen LogP contribution < -0.4 is 4.90 Å². The van der Waals surface area contributed by atoms with E-state index >= 15 is 0 Å². The van der Waals surface area contributed by atoms with Crippen LogP contribution in [-0.4, -0.2) is 29.1 Å². The van der Waals surface area contributed by atoms with E-state index in [1.54, 1.807) is 18.1 Å². The van der Waals surface area contributed by atoms with Crippen LogP contribution >= 0.6 is 15.9 Å². The molecule has 0 aliphatic rings. The molecule has 1 unspecified atom stereocenters. The van der Waals surface area contributed by atoms with Crippen molar-refractivity contribution in [3.05, 3.63) is 34.9 Å². The second kappa shape index (κ2) is 5.57. The average Bonchev–Trinajstić information content (AvgIpc) is 2.39. The van der Waals surface area contributed by atoms with Gasteiger partial charge in [-0.3, -0.25) is 0 Å². The molecule has 0 amide bonds. The quantitative estimate of drug-likeness (QED) is 0.938. The molecule has 1 atom stereocenters. The maximum absolute atomic E-state index is 11.3. The number of hydrogen-bond acceptors (Lipinski definition) is 3. The Labute approximate surface area is 120 Å². The SMILES string of the molecule is CCC(C(=O)O)N(C)c1nccc2c(Br)cccc12. The first-order chi connectivity index (χ1) is 9.06. The van der Waals surface area contributed by atoms with Gasteiger partial charge in [0.15, 0.2) is 0 Å². The van der Waals surface area contributed by atoms with E-state index in [0.717, 1.165) is 15.2 Å². The van der Waals surface area contributed by atoms with Crippen LogP contribution in [0.3, 0.4) is 0 Å². The number of aromatic nitrogens is 1. The van der Waals surface area contributed by atoms with Crippen molar-refractivity contribution in [1.82, 2.24) is 4.98 Å². The van der Waals surface area contributed by atoms with Gasteiger partial charge in [-0.1, -0.05) is 35.0 Å². The molecule has 4 nitrogen and oxygen atoms in total. The number of carbonyl (C=O) groups is 1. The lowest BCUT2D eigenvalue weighted by molar-refractivity contribution is -0.138.